The highest BCUT2D eigenvalue weighted by Crippen LogP contribution is 2.26. The molecule has 0 atom stereocenters. The highest BCUT2D eigenvalue weighted by Gasteiger charge is 2.24. The Morgan fingerprint density at radius 1 is 1.43 bits per heavy atom. The average Bonchev–Trinajstić information content (AvgIpc) is 2.84. The summed E-state index contributed by atoms with van der Waals surface area (Å²) in [6.45, 7) is 2.34. The Morgan fingerprint density at radius 3 is 2.71 bits per heavy atom. The van der Waals surface area contributed by atoms with Gasteiger partial charge < -0.3 is 5.73 Å². The Hall–Kier alpha value is -0.990. The van der Waals surface area contributed by atoms with E-state index >= 15 is 0 Å². The zero-order valence-electron chi connectivity index (χ0n) is 11.7. The first kappa shape index (κ1) is 16.4. The van der Waals surface area contributed by atoms with Gasteiger partial charge in [-0.1, -0.05) is 17.7 Å². The molecule has 114 valence electrons. The fourth-order valence-electron chi connectivity index (χ4n) is 1.83. The van der Waals surface area contributed by atoms with Crippen molar-refractivity contribution in [3.8, 4) is 0 Å². The van der Waals surface area contributed by atoms with Crippen LogP contribution in [0.5, 0.6) is 0 Å². The first-order valence-electron chi connectivity index (χ1n) is 6.20. The van der Waals surface area contributed by atoms with Gasteiger partial charge in [0, 0.05) is 19.0 Å². The average molecular weight is 346 g/mol. The van der Waals surface area contributed by atoms with Crippen LogP contribution in [-0.4, -0.2) is 24.8 Å². The van der Waals surface area contributed by atoms with Crippen molar-refractivity contribution in [2.24, 2.45) is 5.73 Å². The van der Waals surface area contributed by atoms with Gasteiger partial charge in [-0.05, 0) is 24.6 Å². The molecule has 0 aliphatic rings. The van der Waals surface area contributed by atoms with E-state index in [4.69, 9.17) is 17.3 Å². The zero-order valence-corrected chi connectivity index (χ0v) is 14.1. The van der Waals surface area contributed by atoms with Crippen molar-refractivity contribution in [2.75, 3.05) is 7.05 Å². The predicted molar refractivity (Wildman–Crippen MR) is 84.8 cm³/mol. The zero-order chi connectivity index (χ0) is 15.6. The molecule has 8 heteroatoms. The summed E-state index contributed by atoms with van der Waals surface area (Å²) in [5, 5.41) is 2.94. The molecular formula is C13H16ClN3O2S2. The lowest BCUT2D eigenvalue weighted by atomic mass is 10.2. The van der Waals surface area contributed by atoms with Crippen molar-refractivity contribution in [2.45, 2.75) is 24.9 Å². The highest BCUT2D eigenvalue weighted by molar-refractivity contribution is 7.89. The van der Waals surface area contributed by atoms with Crippen molar-refractivity contribution in [1.82, 2.24) is 9.29 Å². The van der Waals surface area contributed by atoms with Crippen LogP contribution in [0.2, 0.25) is 5.02 Å². The van der Waals surface area contributed by atoms with Crippen molar-refractivity contribution < 1.29 is 8.42 Å². The van der Waals surface area contributed by atoms with Crippen LogP contribution in [0, 0.1) is 6.92 Å². The number of aromatic nitrogens is 1. The first-order chi connectivity index (χ1) is 9.84. The SMILES string of the molecule is Cc1nc(CN(C)S(=O)(=O)c2cc(CN)ccc2Cl)cs1. The molecule has 0 unspecified atom stereocenters. The Balaban J connectivity index is 2.32. The maximum Gasteiger partial charge on any atom is 0.244 e. The number of halogens is 1. The van der Waals surface area contributed by atoms with Gasteiger partial charge in [-0.2, -0.15) is 4.31 Å². The molecule has 0 radical (unpaired) electrons. The predicted octanol–water partition coefficient (Wildman–Crippen LogP) is 2.38. The molecular weight excluding hydrogens is 330 g/mol. The molecule has 0 spiro atoms. The molecule has 0 saturated carbocycles. The quantitative estimate of drug-likeness (QED) is 0.902. The van der Waals surface area contributed by atoms with Gasteiger partial charge in [-0.3, -0.25) is 0 Å². The van der Waals surface area contributed by atoms with E-state index in [1.54, 1.807) is 12.1 Å². The molecule has 1 heterocycles. The summed E-state index contributed by atoms with van der Waals surface area (Å²) in [7, 11) is -2.17. The van der Waals surface area contributed by atoms with Crippen molar-refractivity contribution in [1.29, 1.82) is 0 Å². The van der Waals surface area contributed by atoms with Gasteiger partial charge in [0.05, 0.1) is 22.3 Å². The molecule has 0 fully saturated rings. The topological polar surface area (TPSA) is 76.3 Å². The summed E-state index contributed by atoms with van der Waals surface area (Å²) in [4.78, 5) is 4.34. The second-order valence-corrected chi connectivity index (χ2v) is 8.07. The molecule has 2 rings (SSSR count). The Bertz CT molecular complexity index is 744. The molecule has 5 nitrogen and oxygen atoms in total. The summed E-state index contributed by atoms with van der Waals surface area (Å²) in [5.74, 6) is 0. The van der Waals surface area contributed by atoms with Gasteiger partial charge >= 0.3 is 0 Å². The van der Waals surface area contributed by atoms with Crippen LogP contribution in [0.1, 0.15) is 16.3 Å². The number of thiazole rings is 1. The van der Waals surface area contributed by atoms with Crippen LogP contribution < -0.4 is 5.73 Å². The van der Waals surface area contributed by atoms with Gasteiger partial charge in [-0.15, -0.1) is 11.3 Å². The van der Waals surface area contributed by atoms with E-state index in [0.29, 0.717) is 0 Å². The van der Waals surface area contributed by atoms with Gasteiger partial charge in [0.1, 0.15) is 4.90 Å². The molecule has 0 amide bonds. The van der Waals surface area contributed by atoms with E-state index in [-0.39, 0.29) is 23.0 Å². The number of nitrogens with two attached hydrogens (primary N) is 1. The molecule has 0 saturated heterocycles. The molecule has 21 heavy (non-hydrogen) atoms. The fraction of sp³-hybridized carbons (Fsp3) is 0.308. The third-order valence-corrected chi connectivity index (χ3v) is 6.08. The van der Waals surface area contributed by atoms with Crippen LogP contribution in [0.15, 0.2) is 28.5 Å². The number of benzene rings is 1. The monoisotopic (exact) mass is 345 g/mol. The van der Waals surface area contributed by atoms with Gasteiger partial charge in [0.2, 0.25) is 10.0 Å². The first-order valence-corrected chi connectivity index (χ1v) is 8.90. The summed E-state index contributed by atoms with van der Waals surface area (Å²) in [6.07, 6.45) is 0. The smallest absolute Gasteiger partial charge is 0.244 e. The van der Waals surface area contributed by atoms with Crippen molar-refractivity contribution in [3.05, 3.63) is 44.9 Å². The van der Waals surface area contributed by atoms with Gasteiger partial charge in [-0.25, -0.2) is 13.4 Å². The van der Waals surface area contributed by atoms with E-state index in [0.717, 1.165) is 16.3 Å². The van der Waals surface area contributed by atoms with Crippen LogP contribution in [0.3, 0.4) is 0 Å². The lowest BCUT2D eigenvalue weighted by Gasteiger charge is -2.17. The highest BCUT2D eigenvalue weighted by atomic mass is 35.5. The minimum Gasteiger partial charge on any atom is -0.326 e. The molecule has 2 aromatic rings. The van der Waals surface area contributed by atoms with E-state index in [1.807, 2.05) is 12.3 Å². The lowest BCUT2D eigenvalue weighted by molar-refractivity contribution is 0.463. The van der Waals surface area contributed by atoms with Crippen LogP contribution in [0.25, 0.3) is 0 Å². The molecule has 0 aliphatic carbocycles. The van der Waals surface area contributed by atoms with E-state index in [9.17, 15) is 8.42 Å². The van der Waals surface area contributed by atoms with Gasteiger partial charge in [0.15, 0.2) is 0 Å². The third kappa shape index (κ3) is 3.61. The minimum atomic E-state index is -3.68. The lowest BCUT2D eigenvalue weighted by Crippen LogP contribution is -2.27. The van der Waals surface area contributed by atoms with Crippen LogP contribution in [0.4, 0.5) is 0 Å². The number of rotatable bonds is 5. The van der Waals surface area contributed by atoms with E-state index in [1.165, 1.54) is 28.8 Å². The largest absolute Gasteiger partial charge is 0.326 e. The normalized spacial score (nSPS) is 12.0. The Labute approximate surface area is 133 Å². The van der Waals surface area contributed by atoms with Crippen molar-refractivity contribution in [3.63, 3.8) is 0 Å². The molecule has 1 aromatic heterocycles. The van der Waals surface area contributed by atoms with Gasteiger partial charge in [0.25, 0.3) is 0 Å². The number of hydrogen-bond donors (Lipinski definition) is 1. The minimum absolute atomic E-state index is 0.0709. The Morgan fingerprint density at radius 2 is 2.14 bits per heavy atom. The summed E-state index contributed by atoms with van der Waals surface area (Å²) in [6, 6.07) is 4.78. The maximum atomic E-state index is 12.6. The summed E-state index contributed by atoms with van der Waals surface area (Å²) >= 11 is 7.52. The van der Waals surface area contributed by atoms with Crippen molar-refractivity contribution >= 4 is 33.0 Å². The summed E-state index contributed by atoms with van der Waals surface area (Å²) < 4.78 is 26.5. The maximum absolute atomic E-state index is 12.6. The number of aryl methyl sites for hydroxylation is 1. The van der Waals surface area contributed by atoms with Crippen LogP contribution in [-0.2, 0) is 23.1 Å². The molecule has 0 bridgehead atoms. The fourth-order valence-corrected chi connectivity index (χ4v) is 4.10. The molecule has 0 aliphatic heterocycles. The number of nitrogens with zero attached hydrogens (tertiary/aromatic N) is 2. The van der Waals surface area contributed by atoms with Crippen LogP contribution >= 0.6 is 22.9 Å². The van der Waals surface area contributed by atoms with E-state index < -0.39 is 10.0 Å². The standard InChI is InChI=1S/C13H16ClN3O2S2/c1-9-16-11(8-20-9)7-17(2)21(18,19)13-5-10(6-15)3-4-12(13)14/h3-5,8H,6-7,15H2,1-2H3. The molecule has 2 N–H and O–H groups in total. The third-order valence-electron chi connectivity index (χ3n) is 2.97. The number of hydrogen-bond acceptors (Lipinski definition) is 5. The number of sulfonamides is 1. The van der Waals surface area contributed by atoms with E-state index in [2.05, 4.69) is 4.98 Å². The molecule has 1 aromatic carbocycles. The summed E-state index contributed by atoms with van der Waals surface area (Å²) in [5.41, 5.74) is 6.99. The Kier molecular flexibility index (Phi) is 5.00. The second kappa shape index (κ2) is 6.41. The second-order valence-electron chi connectivity index (χ2n) is 4.59.